The van der Waals surface area contributed by atoms with Gasteiger partial charge in [-0.15, -0.1) is 33.3 Å². The molecule has 0 aromatic carbocycles. The molecular formula is C19H21N7O5S4. The van der Waals surface area contributed by atoms with Crippen molar-refractivity contribution in [1.29, 1.82) is 0 Å². The fraction of sp³-hybridized carbons (Fsp3) is 0.421. The van der Waals surface area contributed by atoms with Crippen molar-refractivity contribution in [1.82, 2.24) is 30.3 Å². The summed E-state index contributed by atoms with van der Waals surface area (Å²) in [7, 11) is 3.33. The molecule has 4 N–H and O–H groups in total. The highest BCUT2D eigenvalue weighted by Crippen LogP contribution is 2.41. The number of aromatic nitrogens is 3. The highest BCUT2D eigenvalue weighted by Gasteiger charge is 2.54. The number of thioether (sulfide) groups is 2. The molecule has 2 aliphatic heterocycles. The van der Waals surface area contributed by atoms with E-state index >= 15 is 0 Å². The van der Waals surface area contributed by atoms with Gasteiger partial charge in [-0.2, -0.15) is 0 Å². The zero-order chi connectivity index (χ0) is 25.3. The van der Waals surface area contributed by atoms with Gasteiger partial charge in [-0.25, -0.2) is 9.78 Å². The SMILES string of the molecule is CN(C)C(=O)Cc1nnc(SCC2=C(C(=O)O)N3C(=O)C(NC(=O)Cc4csc(N)n4)[C@H]3SC2)s1. The number of β-lactam (4-membered cyclic amide) rings is 1. The van der Waals surface area contributed by atoms with Gasteiger partial charge in [-0.3, -0.25) is 19.3 Å². The maximum atomic E-state index is 12.8. The third-order valence-electron chi connectivity index (χ3n) is 5.10. The number of likely N-dealkylation sites (N-methyl/N-ethyl adjacent to an activating group) is 1. The number of nitrogens with two attached hydrogens (primary N) is 1. The summed E-state index contributed by atoms with van der Waals surface area (Å²) in [4.78, 5) is 55.8. The van der Waals surface area contributed by atoms with Gasteiger partial charge in [0.15, 0.2) is 9.47 Å². The molecule has 1 unspecified atom stereocenters. The second-order valence-corrected chi connectivity index (χ2v) is 12.1. The highest BCUT2D eigenvalue weighted by molar-refractivity contribution is 8.01. The van der Waals surface area contributed by atoms with Gasteiger partial charge in [0.25, 0.3) is 5.91 Å². The zero-order valence-corrected chi connectivity index (χ0v) is 21.9. The predicted octanol–water partition coefficient (Wildman–Crippen LogP) is 0.281. The zero-order valence-electron chi connectivity index (χ0n) is 18.6. The van der Waals surface area contributed by atoms with E-state index in [0.29, 0.717) is 37.3 Å². The van der Waals surface area contributed by atoms with Crippen molar-refractivity contribution in [3.8, 4) is 0 Å². The van der Waals surface area contributed by atoms with Crippen LogP contribution < -0.4 is 11.1 Å². The Hall–Kier alpha value is -2.69. The lowest BCUT2D eigenvalue weighted by Crippen LogP contribution is -2.70. The number of hydrogen-bond donors (Lipinski definition) is 3. The largest absolute Gasteiger partial charge is 0.477 e. The Balaban J connectivity index is 1.39. The number of aliphatic carboxylic acids is 1. The summed E-state index contributed by atoms with van der Waals surface area (Å²) >= 11 is 5.21. The molecule has 0 spiro atoms. The van der Waals surface area contributed by atoms with Crippen molar-refractivity contribution in [2.75, 3.05) is 31.3 Å². The Bertz CT molecular complexity index is 1210. The molecule has 0 bridgehead atoms. The normalized spacial score (nSPS) is 19.3. The van der Waals surface area contributed by atoms with E-state index in [-0.39, 0.29) is 30.4 Å². The molecule has 4 rings (SSSR count). The molecule has 4 heterocycles. The van der Waals surface area contributed by atoms with Gasteiger partial charge in [0.05, 0.1) is 18.5 Å². The predicted molar refractivity (Wildman–Crippen MR) is 133 cm³/mol. The van der Waals surface area contributed by atoms with Crippen LogP contribution in [0.15, 0.2) is 21.0 Å². The maximum absolute atomic E-state index is 12.8. The van der Waals surface area contributed by atoms with Crippen LogP contribution in [-0.2, 0) is 32.0 Å². The molecule has 12 nitrogen and oxygen atoms in total. The number of thiazole rings is 1. The average molecular weight is 556 g/mol. The summed E-state index contributed by atoms with van der Waals surface area (Å²) in [6.07, 6.45) is 0.138. The molecule has 16 heteroatoms. The van der Waals surface area contributed by atoms with E-state index in [0.717, 1.165) is 0 Å². The van der Waals surface area contributed by atoms with Crippen LogP contribution >= 0.6 is 46.2 Å². The molecular weight excluding hydrogens is 535 g/mol. The fourth-order valence-corrected chi connectivity index (χ4v) is 7.33. The third-order valence-corrected chi connectivity index (χ3v) is 9.30. The van der Waals surface area contributed by atoms with Crippen LogP contribution in [-0.4, -0.2) is 90.8 Å². The first-order valence-corrected chi connectivity index (χ1v) is 13.9. The van der Waals surface area contributed by atoms with Crippen molar-refractivity contribution in [2.24, 2.45) is 0 Å². The highest BCUT2D eigenvalue weighted by atomic mass is 32.2. The van der Waals surface area contributed by atoms with E-state index < -0.39 is 23.3 Å². The Labute approximate surface area is 216 Å². The minimum absolute atomic E-state index is 0.0115. The number of hydrogen-bond acceptors (Lipinski definition) is 12. The lowest BCUT2D eigenvalue weighted by molar-refractivity contribution is -0.150. The number of fused-ring (bicyclic) bond motifs is 1. The summed E-state index contributed by atoms with van der Waals surface area (Å²) in [6, 6.07) is -0.799. The molecule has 2 aliphatic rings. The van der Waals surface area contributed by atoms with Crippen molar-refractivity contribution >= 4 is 75.0 Å². The summed E-state index contributed by atoms with van der Waals surface area (Å²) in [5, 5.41) is 22.7. The van der Waals surface area contributed by atoms with Gasteiger partial charge >= 0.3 is 5.97 Å². The van der Waals surface area contributed by atoms with Gasteiger partial charge in [0.2, 0.25) is 11.8 Å². The molecule has 0 saturated carbocycles. The van der Waals surface area contributed by atoms with Crippen LogP contribution in [0.1, 0.15) is 10.7 Å². The van der Waals surface area contributed by atoms with Crippen molar-refractivity contribution in [2.45, 2.75) is 28.6 Å². The molecule has 2 aromatic heterocycles. The Kier molecular flexibility index (Phi) is 7.63. The lowest BCUT2D eigenvalue weighted by Gasteiger charge is -2.49. The molecule has 2 atom stereocenters. The summed E-state index contributed by atoms with van der Waals surface area (Å²) in [5.41, 5.74) is 6.62. The number of nitrogens with one attached hydrogen (secondary N) is 1. The average Bonchev–Trinajstić information content (AvgIpc) is 3.43. The molecule has 3 amide bonds. The van der Waals surface area contributed by atoms with Gasteiger partial charge in [-0.05, 0) is 5.57 Å². The summed E-state index contributed by atoms with van der Waals surface area (Å²) in [6.45, 7) is 0. The topological polar surface area (TPSA) is 172 Å². The molecule has 1 saturated heterocycles. The van der Waals surface area contributed by atoms with Crippen LogP contribution in [0.3, 0.4) is 0 Å². The minimum atomic E-state index is -1.20. The van der Waals surface area contributed by atoms with E-state index in [1.807, 2.05) is 0 Å². The van der Waals surface area contributed by atoms with Crippen LogP contribution in [0.2, 0.25) is 0 Å². The van der Waals surface area contributed by atoms with Crippen molar-refractivity contribution in [3.63, 3.8) is 0 Å². The monoisotopic (exact) mass is 555 g/mol. The number of rotatable bonds is 9. The first-order valence-electron chi connectivity index (χ1n) is 10.2. The minimum Gasteiger partial charge on any atom is -0.477 e. The van der Waals surface area contributed by atoms with E-state index in [1.54, 1.807) is 19.5 Å². The first-order chi connectivity index (χ1) is 16.6. The molecule has 35 heavy (non-hydrogen) atoms. The standard InChI is InChI=1S/C19H21N7O5S4/c1-25(2)12(28)4-11-23-24-19(35-11)34-6-8-5-32-16-13(15(29)26(16)14(8)17(30)31)22-10(27)3-9-7-33-18(20)21-9/h7,13,16H,3-6H2,1-2H3,(H2,20,21)(H,22,27)(H,30,31)/t13?,16-/m1/s1. The molecule has 186 valence electrons. The van der Waals surface area contributed by atoms with Crippen molar-refractivity contribution in [3.05, 3.63) is 27.4 Å². The number of nitrogen functional groups attached to an aromatic ring is 1. The Morgan fingerprint density at radius 1 is 1.31 bits per heavy atom. The number of carboxylic acids is 1. The van der Waals surface area contributed by atoms with Gasteiger partial charge in [0, 0.05) is 31.0 Å². The van der Waals surface area contributed by atoms with E-state index in [2.05, 4.69) is 20.5 Å². The number of amides is 3. The number of anilines is 1. The fourth-order valence-electron chi connectivity index (χ4n) is 3.39. The second-order valence-electron chi connectivity index (χ2n) is 7.78. The van der Waals surface area contributed by atoms with Crippen LogP contribution in [0.25, 0.3) is 0 Å². The van der Waals surface area contributed by atoms with E-state index in [9.17, 15) is 24.3 Å². The lowest BCUT2D eigenvalue weighted by atomic mass is 10.0. The quantitative estimate of drug-likeness (QED) is 0.287. The van der Waals surface area contributed by atoms with Crippen LogP contribution in [0, 0.1) is 0 Å². The van der Waals surface area contributed by atoms with Gasteiger partial charge < -0.3 is 21.1 Å². The molecule has 0 aliphatic carbocycles. The third kappa shape index (κ3) is 5.60. The molecule has 0 radical (unpaired) electrons. The Morgan fingerprint density at radius 3 is 2.74 bits per heavy atom. The van der Waals surface area contributed by atoms with Crippen LogP contribution in [0.5, 0.6) is 0 Å². The second kappa shape index (κ2) is 10.5. The first kappa shape index (κ1) is 25.4. The smallest absolute Gasteiger partial charge is 0.352 e. The molecule has 1 fully saturated rings. The number of carboxylic acid groups (broad SMARTS) is 1. The summed E-state index contributed by atoms with van der Waals surface area (Å²) in [5.74, 6) is -1.43. The van der Waals surface area contributed by atoms with Crippen LogP contribution in [0.4, 0.5) is 5.13 Å². The van der Waals surface area contributed by atoms with Gasteiger partial charge in [0.1, 0.15) is 22.1 Å². The number of carbonyl (C=O) groups is 4. The number of carbonyl (C=O) groups excluding carboxylic acids is 3. The van der Waals surface area contributed by atoms with Gasteiger partial charge in [-0.1, -0.05) is 23.1 Å². The van der Waals surface area contributed by atoms with E-state index in [4.69, 9.17) is 5.73 Å². The Morgan fingerprint density at radius 2 is 2.09 bits per heavy atom. The molecule has 2 aromatic rings. The van der Waals surface area contributed by atoms with Crippen molar-refractivity contribution < 1.29 is 24.3 Å². The maximum Gasteiger partial charge on any atom is 0.352 e. The number of nitrogens with zero attached hydrogens (tertiary/aromatic N) is 5. The van der Waals surface area contributed by atoms with E-state index in [1.165, 1.54) is 56.0 Å². The summed E-state index contributed by atoms with van der Waals surface area (Å²) < 4.78 is 0.610.